The lowest BCUT2D eigenvalue weighted by Gasteiger charge is -2.32. The van der Waals surface area contributed by atoms with Crippen LogP contribution in [0.25, 0.3) is 0 Å². The molecule has 0 saturated heterocycles. The number of carbonyl (C=O) groups is 1. The van der Waals surface area contributed by atoms with Gasteiger partial charge in [-0.25, -0.2) is 0 Å². The highest BCUT2D eigenvalue weighted by Crippen LogP contribution is 2.33. The highest BCUT2D eigenvalue weighted by atomic mass is 16.6. The quantitative estimate of drug-likeness (QED) is 0.809. The van der Waals surface area contributed by atoms with Crippen molar-refractivity contribution in [3.8, 4) is 11.5 Å². The molecule has 116 valence electrons. The van der Waals surface area contributed by atoms with Gasteiger partial charge in [-0.05, 0) is 25.5 Å². The van der Waals surface area contributed by atoms with Crippen LogP contribution in [0.1, 0.15) is 13.3 Å². The number of benzene rings is 1. The van der Waals surface area contributed by atoms with E-state index in [1.165, 1.54) is 0 Å². The average molecular weight is 295 g/mol. The molecular weight excluding hydrogens is 274 g/mol. The Kier molecular flexibility index (Phi) is 5.41. The highest BCUT2D eigenvalue weighted by molar-refractivity contribution is 5.82. The SMILES string of the molecule is COCC(CCO)NC(=O)C1Oc2ccccc2OC1C. The second-order valence-electron chi connectivity index (χ2n) is 4.98. The van der Waals surface area contributed by atoms with Gasteiger partial charge in [0.05, 0.1) is 12.6 Å². The van der Waals surface area contributed by atoms with E-state index in [1.54, 1.807) is 26.2 Å². The largest absolute Gasteiger partial charge is 0.482 e. The normalized spacial score (nSPS) is 21.7. The Morgan fingerprint density at radius 2 is 2.05 bits per heavy atom. The number of ether oxygens (including phenoxy) is 3. The van der Waals surface area contributed by atoms with E-state index in [9.17, 15) is 4.79 Å². The molecule has 0 aliphatic carbocycles. The lowest BCUT2D eigenvalue weighted by atomic mass is 10.1. The summed E-state index contributed by atoms with van der Waals surface area (Å²) in [6, 6.07) is 7.00. The molecule has 21 heavy (non-hydrogen) atoms. The van der Waals surface area contributed by atoms with Crippen LogP contribution in [-0.4, -0.2) is 49.6 Å². The number of hydrogen-bond donors (Lipinski definition) is 2. The molecule has 0 bridgehead atoms. The van der Waals surface area contributed by atoms with Gasteiger partial charge < -0.3 is 24.6 Å². The molecule has 1 aromatic carbocycles. The minimum absolute atomic E-state index is 0.0191. The predicted octanol–water partition coefficient (Wildman–Crippen LogP) is 0.728. The van der Waals surface area contributed by atoms with E-state index >= 15 is 0 Å². The summed E-state index contributed by atoms with van der Waals surface area (Å²) in [5, 5.41) is 11.8. The van der Waals surface area contributed by atoms with E-state index in [0.29, 0.717) is 24.5 Å². The molecule has 2 N–H and O–H groups in total. The monoisotopic (exact) mass is 295 g/mol. The first kappa shape index (κ1) is 15.6. The van der Waals surface area contributed by atoms with Crippen molar-refractivity contribution in [3.63, 3.8) is 0 Å². The molecule has 1 aliphatic heterocycles. The second-order valence-corrected chi connectivity index (χ2v) is 4.98. The van der Waals surface area contributed by atoms with E-state index in [0.717, 1.165) is 0 Å². The van der Waals surface area contributed by atoms with Gasteiger partial charge in [-0.3, -0.25) is 4.79 Å². The number of nitrogens with one attached hydrogen (secondary N) is 1. The molecule has 1 amide bonds. The Morgan fingerprint density at radius 1 is 1.38 bits per heavy atom. The molecule has 3 unspecified atom stereocenters. The number of methoxy groups -OCH3 is 1. The molecule has 0 aromatic heterocycles. The number of rotatable bonds is 6. The fourth-order valence-electron chi connectivity index (χ4n) is 2.24. The van der Waals surface area contributed by atoms with E-state index in [4.69, 9.17) is 19.3 Å². The van der Waals surface area contributed by atoms with Crippen molar-refractivity contribution in [3.05, 3.63) is 24.3 Å². The molecule has 0 spiro atoms. The summed E-state index contributed by atoms with van der Waals surface area (Å²) < 4.78 is 16.5. The standard InChI is InChI=1S/C15H21NO5/c1-10-14(15(18)16-11(7-8-17)9-19-2)21-13-6-4-3-5-12(13)20-10/h3-6,10-11,14,17H,7-9H2,1-2H3,(H,16,18). The third-order valence-corrected chi connectivity index (χ3v) is 3.29. The molecule has 0 fully saturated rings. The number of aliphatic hydroxyl groups excluding tert-OH is 1. The van der Waals surface area contributed by atoms with Gasteiger partial charge in [-0.1, -0.05) is 12.1 Å². The van der Waals surface area contributed by atoms with Gasteiger partial charge in [0.1, 0.15) is 6.10 Å². The molecule has 6 heteroatoms. The Bertz CT molecular complexity index is 473. The van der Waals surface area contributed by atoms with E-state index in [2.05, 4.69) is 5.32 Å². The highest BCUT2D eigenvalue weighted by Gasteiger charge is 2.34. The molecule has 3 atom stereocenters. The van der Waals surface area contributed by atoms with Gasteiger partial charge in [-0.15, -0.1) is 0 Å². The van der Waals surface area contributed by atoms with Gasteiger partial charge in [0.15, 0.2) is 11.5 Å². The van der Waals surface area contributed by atoms with Crippen LogP contribution in [-0.2, 0) is 9.53 Å². The fourth-order valence-corrected chi connectivity index (χ4v) is 2.24. The van der Waals surface area contributed by atoms with Gasteiger partial charge in [0.2, 0.25) is 6.10 Å². The van der Waals surface area contributed by atoms with Crippen molar-refractivity contribution in [2.75, 3.05) is 20.3 Å². The first-order valence-corrected chi connectivity index (χ1v) is 6.98. The summed E-state index contributed by atoms with van der Waals surface area (Å²) >= 11 is 0. The molecular formula is C15H21NO5. The van der Waals surface area contributed by atoms with Crippen molar-refractivity contribution in [1.82, 2.24) is 5.32 Å². The molecule has 1 heterocycles. The van der Waals surface area contributed by atoms with Crippen molar-refractivity contribution < 1.29 is 24.1 Å². The van der Waals surface area contributed by atoms with Crippen LogP contribution in [0.3, 0.4) is 0 Å². The first-order chi connectivity index (χ1) is 10.2. The van der Waals surface area contributed by atoms with E-state index in [-0.39, 0.29) is 18.6 Å². The van der Waals surface area contributed by atoms with Crippen molar-refractivity contribution in [2.45, 2.75) is 31.6 Å². The van der Waals surface area contributed by atoms with Gasteiger partial charge >= 0.3 is 0 Å². The molecule has 0 radical (unpaired) electrons. The summed E-state index contributed by atoms with van der Waals surface area (Å²) in [7, 11) is 1.55. The first-order valence-electron chi connectivity index (χ1n) is 6.98. The fraction of sp³-hybridized carbons (Fsp3) is 0.533. The zero-order valence-corrected chi connectivity index (χ0v) is 12.2. The Balaban J connectivity index is 2.02. The minimum atomic E-state index is -0.724. The summed E-state index contributed by atoms with van der Waals surface area (Å²) in [6.45, 7) is 2.11. The number of fused-ring (bicyclic) bond motifs is 1. The summed E-state index contributed by atoms with van der Waals surface area (Å²) in [5.41, 5.74) is 0. The lowest BCUT2D eigenvalue weighted by Crippen LogP contribution is -2.52. The number of aliphatic hydroxyl groups is 1. The number of carbonyl (C=O) groups excluding carboxylic acids is 1. The number of para-hydroxylation sites is 2. The van der Waals surface area contributed by atoms with Crippen LogP contribution in [0, 0.1) is 0 Å². The maximum absolute atomic E-state index is 12.3. The van der Waals surface area contributed by atoms with Gasteiger partial charge in [-0.2, -0.15) is 0 Å². The summed E-state index contributed by atoms with van der Waals surface area (Å²) in [5.74, 6) is 0.923. The van der Waals surface area contributed by atoms with Crippen LogP contribution in [0.2, 0.25) is 0 Å². The third-order valence-electron chi connectivity index (χ3n) is 3.29. The zero-order valence-electron chi connectivity index (χ0n) is 12.2. The topological polar surface area (TPSA) is 77.0 Å². The van der Waals surface area contributed by atoms with Crippen LogP contribution < -0.4 is 14.8 Å². The molecule has 1 aliphatic rings. The average Bonchev–Trinajstić information content (AvgIpc) is 2.47. The van der Waals surface area contributed by atoms with Crippen LogP contribution in [0.15, 0.2) is 24.3 Å². The summed E-state index contributed by atoms with van der Waals surface area (Å²) in [6.07, 6.45) is -0.687. The summed E-state index contributed by atoms with van der Waals surface area (Å²) in [4.78, 5) is 12.3. The van der Waals surface area contributed by atoms with Gasteiger partial charge in [0.25, 0.3) is 5.91 Å². The molecule has 1 aromatic rings. The van der Waals surface area contributed by atoms with E-state index in [1.807, 2.05) is 12.1 Å². The van der Waals surface area contributed by atoms with Gasteiger partial charge in [0, 0.05) is 13.7 Å². The molecule has 6 nitrogen and oxygen atoms in total. The Morgan fingerprint density at radius 3 is 2.67 bits per heavy atom. The minimum Gasteiger partial charge on any atom is -0.482 e. The molecule has 0 saturated carbocycles. The Labute approximate surface area is 124 Å². The van der Waals surface area contributed by atoms with Crippen molar-refractivity contribution >= 4 is 5.91 Å². The Hall–Kier alpha value is -1.79. The lowest BCUT2D eigenvalue weighted by molar-refractivity contribution is -0.134. The maximum atomic E-state index is 12.3. The predicted molar refractivity (Wildman–Crippen MR) is 76.5 cm³/mol. The molecule has 2 rings (SSSR count). The second kappa shape index (κ2) is 7.28. The van der Waals surface area contributed by atoms with Crippen LogP contribution in [0.5, 0.6) is 11.5 Å². The third kappa shape index (κ3) is 3.86. The smallest absolute Gasteiger partial charge is 0.265 e. The zero-order chi connectivity index (χ0) is 15.2. The van der Waals surface area contributed by atoms with Crippen LogP contribution >= 0.6 is 0 Å². The maximum Gasteiger partial charge on any atom is 0.265 e. The van der Waals surface area contributed by atoms with Crippen LogP contribution in [0.4, 0.5) is 0 Å². The number of hydrogen-bond acceptors (Lipinski definition) is 5. The number of amides is 1. The van der Waals surface area contributed by atoms with Crippen molar-refractivity contribution in [1.29, 1.82) is 0 Å². The van der Waals surface area contributed by atoms with E-state index < -0.39 is 12.2 Å². The van der Waals surface area contributed by atoms with Crippen molar-refractivity contribution in [2.24, 2.45) is 0 Å².